The van der Waals surface area contributed by atoms with E-state index in [0.29, 0.717) is 17.1 Å². The maximum absolute atomic E-state index is 11.3. The van der Waals surface area contributed by atoms with Crippen molar-refractivity contribution in [2.75, 3.05) is 5.32 Å². The molecule has 2 aromatic rings. The van der Waals surface area contributed by atoms with Gasteiger partial charge in [0.05, 0.1) is 17.7 Å². The minimum absolute atomic E-state index is 0.152. The third-order valence-corrected chi connectivity index (χ3v) is 3.32. The topological polar surface area (TPSA) is 98.3 Å². The third-order valence-electron chi connectivity index (χ3n) is 3.32. The van der Waals surface area contributed by atoms with Crippen molar-refractivity contribution >= 4 is 17.2 Å². The highest BCUT2D eigenvalue weighted by Crippen LogP contribution is 2.27. The average Bonchev–Trinajstić information content (AvgIpc) is 2.93. The lowest BCUT2D eigenvalue weighted by molar-refractivity contribution is -0.384. The van der Waals surface area contributed by atoms with Crippen molar-refractivity contribution in [2.45, 2.75) is 39.7 Å². The Kier molecular flexibility index (Phi) is 4.49. The maximum Gasteiger partial charge on any atom is 0.293 e. The Hall–Kier alpha value is -2.70. The van der Waals surface area contributed by atoms with Gasteiger partial charge < -0.3 is 9.73 Å². The molecule has 0 spiro atoms. The molecule has 1 heterocycles. The second-order valence-corrected chi connectivity index (χ2v) is 6.27. The van der Waals surface area contributed by atoms with E-state index < -0.39 is 4.92 Å². The number of Topliss-reactive ketones (excluding diaryl/α,β-unsaturated/α-hetero) is 1. The Morgan fingerprint density at radius 3 is 2.61 bits per heavy atom. The van der Waals surface area contributed by atoms with Crippen LogP contribution in [-0.2, 0) is 12.0 Å². The van der Waals surface area contributed by atoms with Crippen LogP contribution < -0.4 is 5.32 Å². The van der Waals surface area contributed by atoms with Crippen LogP contribution in [0.15, 0.2) is 28.8 Å². The van der Waals surface area contributed by atoms with E-state index >= 15 is 0 Å². The summed E-state index contributed by atoms with van der Waals surface area (Å²) in [5, 5.41) is 14.1. The summed E-state index contributed by atoms with van der Waals surface area (Å²) in [6.45, 7) is 7.62. The van der Waals surface area contributed by atoms with E-state index in [0.717, 1.165) is 5.76 Å². The smallest absolute Gasteiger partial charge is 0.293 e. The van der Waals surface area contributed by atoms with E-state index in [1.165, 1.54) is 19.1 Å². The van der Waals surface area contributed by atoms with E-state index in [1.807, 2.05) is 20.8 Å². The van der Waals surface area contributed by atoms with Gasteiger partial charge >= 0.3 is 0 Å². The van der Waals surface area contributed by atoms with Crippen LogP contribution in [-0.4, -0.2) is 15.7 Å². The minimum atomic E-state index is -0.523. The molecule has 1 aromatic heterocycles. The molecule has 1 aromatic carbocycles. The molecule has 23 heavy (non-hydrogen) atoms. The number of oxazole rings is 1. The number of hydrogen-bond donors (Lipinski definition) is 1. The zero-order chi connectivity index (χ0) is 17.2. The summed E-state index contributed by atoms with van der Waals surface area (Å²) >= 11 is 0. The molecule has 0 unspecified atom stereocenters. The number of rotatable bonds is 5. The number of nitro groups is 1. The minimum Gasteiger partial charge on any atom is -0.443 e. The van der Waals surface area contributed by atoms with E-state index in [4.69, 9.17) is 4.42 Å². The second-order valence-electron chi connectivity index (χ2n) is 6.27. The molecule has 7 nitrogen and oxygen atoms in total. The van der Waals surface area contributed by atoms with E-state index in [2.05, 4.69) is 10.3 Å². The molecule has 0 saturated carbocycles. The van der Waals surface area contributed by atoms with Gasteiger partial charge in [-0.1, -0.05) is 20.8 Å². The molecule has 2 rings (SSSR count). The molecule has 0 aliphatic carbocycles. The normalized spacial score (nSPS) is 11.3. The maximum atomic E-state index is 11.3. The SMILES string of the molecule is CC(=O)c1ccc(NCc2ncc(C(C)(C)C)o2)c([N+](=O)[O-])c1. The van der Waals surface area contributed by atoms with Gasteiger partial charge in [-0.15, -0.1) is 0 Å². The van der Waals surface area contributed by atoms with Gasteiger partial charge in [-0.25, -0.2) is 4.98 Å². The van der Waals surface area contributed by atoms with Gasteiger partial charge in [-0.05, 0) is 19.1 Å². The summed E-state index contributed by atoms with van der Waals surface area (Å²) in [5.74, 6) is 0.970. The van der Waals surface area contributed by atoms with Crippen LogP contribution in [0.2, 0.25) is 0 Å². The number of carbonyl (C=O) groups is 1. The zero-order valence-electron chi connectivity index (χ0n) is 13.5. The summed E-state index contributed by atoms with van der Waals surface area (Å²) in [5.41, 5.74) is 0.310. The number of hydrogen-bond acceptors (Lipinski definition) is 6. The van der Waals surface area contributed by atoms with Gasteiger partial charge in [0.1, 0.15) is 11.4 Å². The highest BCUT2D eigenvalue weighted by Gasteiger charge is 2.20. The van der Waals surface area contributed by atoms with Gasteiger partial charge in [0, 0.05) is 17.0 Å². The summed E-state index contributed by atoms with van der Waals surface area (Å²) < 4.78 is 5.63. The van der Waals surface area contributed by atoms with Gasteiger partial charge in [-0.2, -0.15) is 0 Å². The van der Waals surface area contributed by atoms with Gasteiger partial charge in [0.25, 0.3) is 5.69 Å². The number of nitrogens with one attached hydrogen (secondary N) is 1. The second kappa shape index (κ2) is 6.20. The molecule has 0 radical (unpaired) electrons. The van der Waals surface area contributed by atoms with Crippen molar-refractivity contribution in [1.29, 1.82) is 0 Å². The molecule has 0 bridgehead atoms. The van der Waals surface area contributed by atoms with Gasteiger partial charge in [-0.3, -0.25) is 14.9 Å². The number of anilines is 1. The molecular formula is C16H19N3O4. The monoisotopic (exact) mass is 317 g/mol. The van der Waals surface area contributed by atoms with Gasteiger partial charge in [0.15, 0.2) is 5.78 Å². The number of benzene rings is 1. The molecule has 0 fully saturated rings. The highest BCUT2D eigenvalue weighted by molar-refractivity contribution is 5.95. The van der Waals surface area contributed by atoms with Crippen LogP contribution in [0.4, 0.5) is 11.4 Å². The number of ketones is 1. The molecule has 7 heteroatoms. The molecule has 0 atom stereocenters. The van der Waals surface area contributed by atoms with Crippen LogP contribution >= 0.6 is 0 Å². The van der Waals surface area contributed by atoms with E-state index in [1.54, 1.807) is 12.3 Å². The number of nitro benzene ring substituents is 1. The Bertz CT molecular complexity index is 744. The summed E-state index contributed by atoms with van der Waals surface area (Å²) in [6.07, 6.45) is 1.66. The molecule has 0 saturated heterocycles. The quantitative estimate of drug-likeness (QED) is 0.513. The van der Waals surface area contributed by atoms with Crippen LogP contribution in [0.3, 0.4) is 0 Å². The fourth-order valence-corrected chi connectivity index (χ4v) is 1.96. The van der Waals surface area contributed by atoms with Crippen molar-refractivity contribution in [2.24, 2.45) is 0 Å². The fourth-order valence-electron chi connectivity index (χ4n) is 1.96. The first-order valence-electron chi connectivity index (χ1n) is 7.17. The van der Waals surface area contributed by atoms with Gasteiger partial charge in [0.2, 0.25) is 5.89 Å². The third kappa shape index (κ3) is 3.94. The standard InChI is InChI=1S/C16H19N3O4/c1-10(20)11-5-6-12(13(7-11)19(21)22)17-9-15-18-8-14(23-15)16(2,3)4/h5-8,17H,9H2,1-4H3. The molecule has 0 aliphatic heterocycles. The summed E-state index contributed by atoms with van der Waals surface area (Å²) in [7, 11) is 0. The Balaban J connectivity index is 2.18. The van der Waals surface area contributed by atoms with Crippen molar-refractivity contribution in [1.82, 2.24) is 4.98 Å². The van der Waals surface area contributed by atoms with E-state index in [-0.39, 0.29) is 23.4 Å². The molecule has 122 valence electrons. The summed E-state index contributed by atoms with van der Waals surface area (Å²) in [4.78, 5) is 26.1. The van der Waals surface area contributed by atoms with Crippen molar-refractivity contribution in [3.05, 3.63) is 51.7 Å². The lowest BCUT2D eigenvalue weighted by atomic mass is 9.94. The molecule has 0 aliphatic rings. The Labute approximate surface area is 133 Å². The zero-order valence-corrected chi connectivity index (χ0v) is 13.5. The molecule has 0 amide bonds. The molecule has 1 N–H and O–H groups in total. The van der Waals surface area contributed by atoms with E-state index in [9.17, 15) is 14.9 Å². The average molecular weight is 317 g/mol. The molecular weight excluding hydrogens is 298 g/mol. The highest BCUT2D eigenvalue weighted by atomic mass is 16.6. The Morgan fingerprint density at radius 2 is 2.09 bits per heavy atom. The Morgan fingerprint density at radius 1 is 1.39 bits per heavy atom. The van der Waals surface area contributed by atoms with Crippen LogP contribution in [0.25, 0.3) is 0 Å². The predicted octanol–water partition coefficient (Wildman–Crippen LogP) is 3.70. The number of nitrogens with zero attached hydrogens (tertiary/aromatic N) is 2. The number of carbonyl (C=O) groups excluding carboxylic acids is 1. The lowest BCUT2D eigenvalue weighted by Crippen LogP contribution is -2.09. The van der Waals surface area contributed by atoms with Crippen LogP contribution in [0.5, 0.6) is 0 Å². The predicted molar refractivity (Wildman–Crippen MR) is 85.6 cm³/mol. The van der Waals surface area contributed by atoms with Crippen LogP contribution in [0, 0.1) is 10.1 Å². The number of aromatic nitrogens is 1. The van der Waals surface area contributed by atoms with Crippen LogP contribution in [0.1, 0.15) is 49.7 Å². The largest absolute Gasteiger partial charge is 0.443 e. The summed E-state index contributed by atoms with van der Waals surface area (Å²) in [6, 6.07) is 4.33. The van der Waals surface area contributed by atoms with Crippen molar-refractivity contribution < 1.29 is 14.1 Å². The lowest BCUT2D eigenvalue weighted by Gasteiger charge is -2.13. The first-order valence-corrected chi connectivity index (χ1v) is 7.17. The first kappa shape index (κ1) is 16.7. The van der Waals surface area contributed by atoms with Crippen molar-refractivity contribution in [3.63, 3.8) is 0 Å². The first-order chi connectivity index (χ1) is 10.7. The van der Waals surface area contributed by atoms with Crippen molar-refractivity contribution in [3.8, 4) is 0 Å². The fraction of sp³-hybridized carbons (Fsp3) is 0.375.